The Bertz CT molecular complexity index is 657. The van der Waals surface area contributed by atoms with Crippen molar-refractivity contribution >= 4 is 37.4 Å². The zero-order chi connectivity index (χ0) is 14.6. The van der Waals surface area contributed by atoms with Crippen LogP contribution in [-0.2, 0) is 9.84 Å². The van der Waals surface area contributed by atoms with Crippen LogP contribution in [0, 0.1) is 0 Å². The summed E-state index contributed by atoms with van der Waals surface area (Å²) >= 11 is 9.28. The molecule has 2 rings (SSSR count). The first-order valence-corrected chi connectivity index (χ1v) is 8.70. The van der Waals surface area contributed by atoms with Gasteiger partial charge in [-0.3, -0.25) is 0 Å². The Balaban J connectivity index is 2.04. The van der Waals surface area contributed by atoms with Crippen molar-refractivity contribution in [3.8, 4) is 5.75 Å². The largest absolute Gasteiger partial charge is 0.474 e. The highest BCUT2D eigenvalue weighted by Gasteiger charge is 2.20. The summed E-state index contributed by atoms with van der Waals surface area (Å²) in [5.41, 5.74) is -0.943. The molecule has 0 saturated carbocycles. The van der Waals surface area contributed by atoms with Crippen LogP contribution < -0.4 is 4.74 Å². The minimum absolute atomic E-state index is 0.241. The molecule has 20 heavy (non-hydrogen) atoms. The van der Waals surface area contributed by atoms with Gasteiger partial charge >= 0.3 is 0 Å². The minimum atomic E-state index is -3.45. The molecular weight excluding hydrogens is 364 g/mol. The molecule has 1 atom stereocenters. The number of hydrogen-bond donors (Lipinski definition) is 0. The van der Waals surface area contributed by atoms with E-state index in [1.807, 2.05) is 0 Å². The zero-order valence-corrected chi connectivity index (χ0v) is 13.5. The highest BCUT2D eigenvalue weighted by molar-refractivity contribution is 9.10. The van der Waals surface area contributed by atoms with Crippen LogP contribution in [0.15, 0.2) is 64.0 Å². The maximum absolute atomic E-state index is 12.1. The molecule has 0 amide bonds. The van der Waals surface area contributed by atoms with E-state index in [-0.39, 0.29) is 10.6 Å². The topological polar surface area (TPSA) is 43.4 Å². The van der Waals surface area contributed by atoms with Crippen molar-refractivity contribution in [2.24, 2.45) is 0 Å². The molecule has 0 N–H and O–H groups in total. The Morgan fingerprint density at radius 2 is 1.65 bits per heavy atom. The van der Waals surface area contributed by atoms with Crippen molar-refractivity contribution in [1.82, 2.24) is 0 Å². The lowest BCUT2D eigenvalue weighted by Gasteiger charge is -2.13. The lowest BCUT2D eigenvalue weighted by molar-refractivity contribution is 0.302. The van der Waals surface area contributed by atoms with E-state index >= 15 is 0 Å². The minimum Gasteiger partial charge on any atom is -0.474 e. The summed E-state index contributed by atoms with van der Waals surface area (Å²) in [6, 6.07) is 15.2. The molecule has 6 heteroatoms. The smallest absolute Gasteiger partial charge is 0.186 e. The van der Waals surface area contributed by atoms with Gasteiger partial charge in [0, 0.05) is 4.47 Å². The highest BCUT2D eigenvalue weighted by Crippen LogP contribution is 2.20. The first-order valence-electron chi connectivity index (χ1n) is 5.81. The van der Waals surface area contributed by atoms with Gasteiger partial charge in [-0.25, -0.2) is 8.42 Å². The van der Waals surface area contributed by atoms with Crippen LogP contribution in [0.4, 0.5) is 0 Å². The third-order valence-electron chi connectivity index (χ3n) is 2.53. The van der Waals surface area contributed by atoms with Crippen molar-refractivity contribution in [2.45, 2.75) is 10.5 Å². The fourth-order valence-electron chi connectivity index (χ4n) is 1.59. The van der Waals surface area contributed by atoms with E-state index in [4.69, 9.17) is 16.3 Å². The lowest BCUT2D eigenvalue weighted by Crippen LogP contribution is -2.21. The highest BCUT2D eigenvalue weighted by atomic mass is 79.9. The summed E-state index contributed by atoms with van der Waals surface area (Å²) in [7, 11) is -3.45. The molecule has 0 aromatic heterocycles. The first kappa shape index (κ1) is 15.4. The average Bonchev–Trinajstić information content (AvgIpc) is 2.42. The molecular formula is C14H12BrClO3S. The average molecular weight is 376 g/mol. The molecule has 3 nitrogen and oxygen atoms in total. The van der Waals surface area contributed by atoms with Gasteiger partial charge in [-0.15, -0.1) is 0 Å². The molecule has 0 radical (unpaired) electrons. The molecule has 2 aromatic carbocycles. The van der Waals surface area contributed by atoms with Gasteiger partial charge in [0.1, 0.15) is 11.5 Å². The number of benzene rings is 2. The Morgan fingerprint density at radius 3 is 2.25 bits per heavy atom. The third-order valence-corrected chi connectivity index (χ3v) is 5.22. The molecule has 1 unspecified atom stereocenters. The summed E-state index contributed by atoms with van der Waals surface area (Å²) in [5, 5.41) is 0. The maximum atomic E-state index is 12.1. The standard InChI is InChI=1S/C14H12BrClO3S/c15-11-6-8-12(9-7-11)19-14(16)10-20(17,18)13-4-2-1-3-5-13/h1-9,14H,10H2. The number of rotatable bonds is 5. The number of hydrogen-bond acceptors (Lipinski definition) is 3. The van der Waals surface area contributed by atoms with Crippen molar-refractivity contribution in [1.29, 1.82) is 0 Å². The van der Waals surface area contributed by atoms with Crippen LogP contribution in [-0.4, -0.2) is 19.7 Å². The Kier molecular flexibility index (Phi) is 5.07. The van der Waals surface area contributed by atoms with Crippen molar-refractivity contribution in [2.75, 3.05) is 5.75 Å². The summed E-state index contributed by atoms with van der Waals surface area (Å²) in [5.74, 6) is 0.241. The van der Waals surface area contributed by atoms with Crippen LogP contribution in [0.3, 0.4) is 0 Å². The Labute approximate surface area is 131 Å². The normalized spacial score (nSPS) is 12.9. The van der Waals surface area contributed by atoms with E-state index in [9.17, 15) is 8.42 Å². The second kappa shape index (κ2) is 6.61. The summed E-state index contributed by atoms with van der Waals surface area (Å²) in [4.78, 5) is 0.241. The van der Waals surface area contributed by atoms with Gasteiger partial charge in [-0.1, -0.05) is 45.7 Å². The van der Waals surface area contributed by atoms with E-state index in [0.29, 0.717) is 5.75 Å². The summed E-state index contributed by atoms with van der Waals surface area (Å²) < 4.78 is 30.5. The monoisotopic (exact) mass is 374 g/mol. The fraction of sp³-hybridized carbons (Fsp3) is 0.143. The summed E-state index contributed by atoms with van der Waals surface area (Å²) in [6.45, 7) is 0. The van der Waals surface area contributed by atoms with Crippen LogP contribution in [0.2, 0.25) is 0 Å². The predicted molar refractivity (Wildman–Crippen MR) is 82.9 cm³/mol. The van der Waals surface area contributed by atoms with Gasteiger partial charge in [-0.05, 0) is 36.4 Å². The molecule has 0 heterocycles. The van der Waals surface area contributed by atoms with Gasteiger partial charge in [-0.2, -0.15) is 0 Å². The summed E-state index contributed by atoms with van der Waals surface area (Å²) in [6.07, 6.45) is 0. The van der Waals surface area contributed by atoms with Gasteiger partial charge < -0.3 is 4.74 Å². The third kappa shape index (κ3) is 4.23. The van der Waals surface area contributed by atoms with Crippen LogP contribution in [0.5, 0.6) is 5.75 Å². The van der Waals surface area contributed by atoms with Crippen molar-refractivity contribution in [3.05, 3.63) is 59.1 Å². The Morgan fingerprint density at radius 1 is 1.05 bits per heavy atom. The molecule has 0 spiro atoms. The van der Waals surface area contributed by atoms with Crippen LogP contribution in [0.25, 0.3) is 0 Å². The number of ether oxygens (including phenoxy) is 1. The van der Waals surface area contributed by atoms with E-state index in [1.54, 1.807) is 54.6 Å². The van der Waals surface area contributed by atoms with Gasteiger partial charge in [0.2, 0.25) is 0 Å². The zero-order valence-electron chi connectivity index (χ0n) is 10.4. The molecule has 2 aromatic rings. The molecule has 0 saturated heterocycles. The molecule has 0 aliphatic carbocycles. The van der Waals surface area contributed by atoms with E-state index < -0.39 is 15.4 Å². The van der Waals surface area contributed by atoms with Gasteiger partial charge in [0.25, 0.3) is 0 Å². The number of halogens is 2. The van der Waals surface area contributed by atoms with E-state index in [2.05, 4.69) is 15.9 Å². The van der Waals surface area contributed by atoms with Gasteiger partial charge in [0.05, 0.1) is 4.90 Å². The first-order chi connectivity index (χ1) is 9.47. The second-order valence-corrected chi connectivity index (χ2v) is 7.51. The maximum Gasteiger partial charge on any atom is 0.186 e. The second-order valence-electron chi connectivity index (χ2n) is 4.08. The molecule has 0 fully saturated rings. The van der Waals surface area contributed by atoms with Crippen molar-refractivity contribution < 1.29 is 13.2 Å². The number of alkyl halides is 1. The van der Waals surface area contributed by atoms with E-state index in [1.165, 1.54) is 0 Å². The Hall–Kier alpha value is -1.04. The molecule has 106 valence electrons. The quantitative estimate of drug-likeness (QED) is 0.745. The number of sulfone groups is 1. The van der Waals surface area contributed by atoms with Gasteiger partial charge in [0.15, 0.2) is 15.4 Å². The van der Waals surface area contributed by atoms with Crippen LogP contribution >= 0.6 is 27.5 Å². The predicted octanol–water partition coefficient (Wildman–Crippen LogP) is 3.87. The van der Waals surface area contributed by atoms with E-state index in [0.717, 1.165) is 4.47 Å². The van der Waals surface area contributed by atoms with Crippen molar-refractivity contribution in [3.63, 3.8) is 0 Å². The lowest BCUT2D eigenvalue weighted by atomic mass is 10.3. The SMILES string of the molecule is O=S(=O)(CC(Cl)Oc1ccc(Br)cc1)c1ccccc1. The van der Waals surface area contributed by atoms with Crippen LogP contribution in [0.1, 0.15) is 0 Å². The molecule has 0 bridgehead atoms. The fourth-order valence-corrected chi connectivity index (χ4v) is 3.63. The molecule has 0 aliphatic heterocycles. The molecule has 0 aliphatic rings.